The molecule has 2 fully saturated rings. The molecule has 1 aromatic heterocycles. The Morgan fingerprint density at radius 3 is 2.80 bits per heavy atom. The maximum absolute atomic E-state index is 15.2. The van der Waals surface area contributed by atoms with Crippen molar-refractivity contribution in [3.05, 3.63) is 32.7 Å². The lowest BCUT2D eigenvalue weighted by Gasteiger charge is -2.25. The number of hydrogen-bond donors (Lipinski definition) is 1. The fourth-order valence-electron chi connectivity index (χ4n) is 4.47. The van der Waals surface area contributed by atoms with Crippen LogP contribution in [-0.2, 0) is 0 Å². The summed E-state index contributed by atoms with van der Waals surface area (Å²) in [4.78, 5) is 31.2. The third kappa shape index (κ3) is 3.67. The maximum Gasteiger partial charge on any atom is 0.329 e. The molecule has 30 heavy (non-hydrogen) atoms. The number of aromatic nitrogens is 2. The van der Waals surface area contributed by atoms with E-state index in [1.165, 1.54) is 13.2 Å². The molecule has 1 aromatic carbocycles. The van der Waals surface area contributed by atoms with Crippen molar-refractivity contribution in [2.45, 2.75) is 31.7 Å². The molecule has 9 heteroatoms. The van der Waals surface area contributed by atoms with E-state index in [4.69, 9.17) is 10.00 Å². The second kappa shape index (κ2) is 8.11. The minimum Gasteiger partial charge on any atom is -0.492 e. The molecule has 0 spiro atoms. The van der Waals surface area contributed by atoms with E-state index >= 15 is 4.39 Å². The number of hydrogen-bond acceptors (Lipinski definition) is 6. The molecule has 4 rings (SSSR count). The first kappa shape index (κ1) is 20.4. The van der Waals surface area contributed by atoms with Crippen LogP contribution >= 0.6 is 0 Å². The van der Waals surface area contributed by atoms with E-state index in [9.17, 15) is 9.59 Å². The number of H-pyrrole nitrogens is 1. The number of aromatic amines is 1. The highest BCUT2D eigenvalue weighted by molar-refractivity contribution is 5.91. The van der Waals surface area contributed by atoms with Gasteiger partial charge in [0, 0.05) is 38.6 Å². The van der Waals surface area contributed by atoms with Crippen molar-refractivity contribution in [3.63, 3.8) is 0 Å². The van der Waals surface area contributed by atoms with Crippen LogP contribution < -0.4 is 20.9 Å². The van der Waals surface area contributed by atoms with Crippen LogP contribution in [0.1, 0.15) is 31.7 Å². The number of nitrogens with one attached hydrogen (secondary N) is 1. The summed E-state index contributed by atoms with van der Waals surface area (Å²) in [6.45, 7) is 2.83. The summed E-state index contributed by atoms with van der Waals surface area (Å²) in [5, 5.41) is 8.89. The van der Waals surface area contributed by atoms with Crippen molar-refractivity contribution in [2.75, 3.05) is 45.2 Å². The van der Waals surface area contributed by atoms with Crippen LogP contribution in [0.3, 0.4) is 0 Å². The first-order valence-corrected chi connectivity index (χ1v) is 10.3. The highest BCUT2D eigenvalue weighted by Gasteiger charge is 2.33. The van der Waals surface area contributed by atoms with Gasteiger partial charge in [-0.25, -0.2) is 9.18 Å². The highest BCUT2D eigenvalue weighted by atomic mass is 19.1. The molecule has 1 aliphatic heterocycles. The van der Waals surface area contributed by atoms with Crippen LogP contribution in [0.2, 0.25) is 0 Å². The fraction of sp³-hybridized carbons (Fsp3) is 0.571. The molecule has 1 N–H and O–H groups in total. The summed E-state index contributed by atoms with van der Waals surface area (Å²) in [7, 11) is 3.43. The van der Waals surface area contributed by atoms with E-state index in [1.54, 1.807) is 4.57 Å². The average molecular weight is 415 g/mol. The zero-order chi connectivity index (χ0) is 21.4. The Kier molecular flexibility index (Phi) is 5.52. The van der Waals surface area contributed by atoms with Gasteiger partial charge in [0.25, 0.3) is 5.56 Å². The number of anilines is 1. The molecule has 1 saturated carbocycles. The van der Waals surface area contributed by atoms with Crippen molar-refractivity contribution in [1.82, 2.24) is 14.5 Å². The number of rotatable bonds is 7. The van der Waals surface area contributed by atoms with Gasteiger partial charge >= 0.3 is 5.69 Å². The predicted molar refractivity (Wildman–Crippen MR) is 112 cm³/mol. The first-order chi connectivity index (χ1) is 14.4. The summed E-state index contributed by atoms with van der Waals surface area (Å²) in [6.07, 6.45) is 3.06. The Labute approximate surface area is 173 Å². The van der Waals surface area contributed by atoms with E-state index < -0.39 is 17.1 Å². The molecule has 1 unspecified atom stereocenters. The second-order valence-corrected chi connectivity index (χ2v) is 8.27. The van der Waals surface area contributed by atoms with Gasteiger partial charge in [-0.3, -0.25) is 14.3 Å². The lowest BCUT2D eigenvalue weighted by molar-refractivity contribution is 0.292. The van der Waals surface area contributed by atoms with E-state index in [2.05, 4.69) is 16.0 Å². The molecule has 2 heterocycles. The molecule has 1 atom stereocenters. The summed E-state index contributed by atoms with van der Waals surface area (Å²) in [5.41, 5.74) is -0.398. The molecule has 2 aromatic rings. The van der Waals surface area contributed by atoms with Crippen molar-refractivity contribution in [3.8, 4) is 11.8 Å². The topological polar surface area (TPSA) is 94.4 Å². The SMILES string of the molecule is COc1c(N2CCC(CN(C)CCC#N)C2)c(F)cc2c(=O)[nH]c(=O)n(C3CC3)c12. The molecule has 8 nitrogen and oxygen atoms in total. The summed E-state index contributed by atoms with van der Waals surface area (Å²) in [5.74, 6) is 0.0567. The molecule has 1 saturated heterocycles. The molecule has 0 bridgehead atoms. The predicted octanol–water partition coefficient (Wildman–Crippen LogP) is 1.84. The van der Waals surface area contributed by atoms with Gasteiger partial charge in [0.15, 0.2) is 11.6 Å². The average Bonchev–Trinajstić information content (AvgIpc) is 3.44. The number of nitrogens with zero attached hydrogens (tertiary/aromatic N) is 4. The molecule has 160 valence electrons. The lowest BCUT2D eigenvalue weighted by Crippen LogP contribution is -2.31. The van der Waals surface area contributed by atoms with Crippen LogP contribution in [0, 0.1) is 23.1 Å². The zero-order valence-electron chi connectivity index (χ0n) is 17.3. The van der Waals surface area contributed by atoms with E-state index in [-0.39, 0.29) is 17.2 Å². The number of ether oxygens (including phenoxy) is 1. The van der Waals surface area contributed by atoms with Crippen molar-refractivity contribution in [2.24, 2.45) is 5.92 Å². The second-order valence-electron chi connectivity index (χ2n) is 8.27. The molecule has 0 amide bonds. The maximum atomic E-state index is 15.2. The monoisotopic (exact) mass is 415 g/mol. The van der Waals surface area contributed by atoms with Crippen LogP contribution in [-0.4, -0.2) is 54.8 Å². The van der Waals surface area contributed by atoms with Gasteiger partial charge in [0.1, 0.15) is 11.2 Å². The quantitative estimate of drug-likeness (QED) is 0.742. The van der Waals surface area contributed by atoms with Gasteiger partial charge in [-0.1, -0.05) is 0 Å². The number of nitriles is 1. The zero-order valence-corrected chi connectivity index (χ0v) is 17.3. The Hall–Kier alpha value is -2.86. The summed E-state index contributed by atoms with van der Waals surface area (Å²) < 4.78 is 22.3. The standard InChI is InChI=1S/C21H26FN5O3/c1-25(8-3-7-23)11-13-6-9-26(12-13)18-16(22)10-15-17(19(18)30-2)27(14-4-5-14)21(29)24-20(15)28/h10,13-14H,3-6,8-9,11-12H2,1-2H3,(H,24,28,29). The molecular weight excluding hydrogens is 389 g/mol. The van der Waals surface area contributed by atoms with Crippen LogP contribution in [0.15, 0.2) is 15.7 Å². The summed E-state index contributed by atoms with van der Waals surface area (Å²) in [6, 6.07) is 3.37. The third-order valence-electron chi connectivity index (χ3n) is 6.00. The normalized spacial score (nSPS) is 18.9. The fourth-order valence-corrected chi connectivity index (χ4v) is 4.47. The Bertz CT molecular complexity index is 1110. The van der Waals surface area contributed by atoms with Gasteiger partial charge in [-0.15, -0.1) is 0 Å². The Balaban J connectivity index is 1.73. The van der Waals surface area contributed by atoms with Crippen molar-refractivity contribution < 1.29 is 9.13 Å². The van der Waals surface area contributed by atoms with E-state index in [0.29, 0.717) is 43.2 Å². The first-order valence-electron chi connectivity index (χ1n) is 10.3. The lowest BCUT2D eigenvalue weighted by atomic mass is 10.1. The molecular formula is C21H26FN5O3. The minimum atomic E-state index is -0.603. The molecule has 0 radical (unpaired) electrons. The van der Waals surface area contributed by atoms with E-state index in [1.807, 2.05) is 11.9 Å². The van der Waals surface area contributed by atoms with Crippen LogP contribution in [0.5, 0.6) is 5.75 Å². The third-order valence-corrected chi connectivity index (χ3v) is 6.00. The smallest absolute Gasteiger partial charge is 0.329 e. The van der Waals surface area contributed by atoms with Gasteiger partial charge in [-0.05, 0) is 38.3 Å². The largest absolute Gasteiger partial charge is 0.492 e. The van der Waals surface area contributed by atoms with Crippen molar-refractivity contribution >= 4 is 16.6 Å². The Morgan fingerprint density at radius 2 is 2.13 bits per heavy atom. The number of fused-ring (bicyclic) bond motifs is 1. The molecule has 1 aliphatic carbocycles. The number of benzene rings is 1. The summed E-state index contributed by atoms with van der Waals surface area (Å²) >= 11 is 0. The number of halogens is 1. The van der Waals surface area contributed by atoms with Gasteiger partial charge in [-0.2, -0.15) is 5.26 Å². The minimum absolute atomic E-state index is 0.00386. The molecule has 2 aliphatic rings. The van der Waals surface area contributed by atoms with E-state index in [0.717, 1.165) is 25.8 Å². The van der Waals surface area contributed by atoms with Crippen LogP contribution in [0.25, 0.3) is 10.9 Å². The van der Waals surface area contributed by atoms with Crippen LogP contribution in [0.4, 0.5) is 10.1 Å². The van der Waals surface area contributed by atoms with Gasteiger partial charge < -0.3 is 14.5 Å². The number of methoxy groups -OCH3 is 1. The van der Waals surface area contributed by atoms with Crippen molar-refractivity contribution in [1.29, 1.82) is 5.26 Å². The van der Waals surface area contributed by atoms with Gasteiger partial charge in [0.2, 0.25) is 0 Å². The van der Waals surface area contributed by atoms with Gasteiger partial charge in [0.05, 0.1) is 18.6 Å². The highest BCUT2D eigenvalue weighted by Crippen LogP contribution is 2.43. The Morgan fingerprint density at radius 1 is 1.37 bits per heavy atom.